The van der Waals surface area contributed by atoms with Gasteiger partial charge >= 0.3 is 0 Å². The molecule has 0 N–H and O–H groups in total. The van der Waals surface area contributed by atoms with Crippen molar-refractivity contribution in [2.24, 2.45) is 0 Å². The maximum Gasteiger partial charge on any atom is 0.171 e. The minimum absolute atomic E-state index is 0.819. The lowest BCUT2D eigenvalue weighted by atomic mass is 10.1. The molecule has 2 nitrogen and oxygen atoms in total. The molecule has 0 aromatic heterocycles. The van der Waals surface area contributed by atoms with E-state index in [9.17, 15) is 4.57 Å². The van der Waals surface area contributed by atoms with Gasteiger partial charge in [-0.05, 0) is 29.0 Å². The molecule has 128 valence electrons. The number of methoxy groups -OCH3 is 1. The molecule has 3 heteroatoms. The van der Waals surface area contributed by atoms with Gasteiger partial charge in [0.25, 0.3) is 0 Å². The fraction of sp³-hybridized carbons (Fsp3) is 0.0435. The van der Waals surface area contributed by atoms with Crippen molar-refractivity contribution in [3.8, 4) is 5.75 Å². The predicted octanol–water partition coefficient (Wildman–Crippen LogP) is 4.49. The summed E-state index contributed by atoms with van der Waals surface area (Å²) in [7, 11) is -1.27. The molecule has 0 atom stereocenters. The average Bonchev–Trinajstić information content (AvgIpc) is 2.73. The van der Waals surface area contributed by atoms with Crippen molar-refractivity contribution < 1.29 is 9.30 Å². The van der Waals surface area contributed by atoms with Crippen molar-refractivity contribution in [2.45, 2.75) is 0 Å². The fourth-order valence-corrected chi connectivity index (χ4v) is 5.94. The zero-order valence-electron chi connectivity index (χ0n) is 14.5. The molecule has 0 saturated carbocycles. The SMILES string of the molecule is COc1ccc2cc(P(=O)(c3ccccc3)c3ccccc3)ccc2c1. The van der Waals surface area contributed by atoms with Gasteiger partial charge in [0, 0.05) is 15.9 Å². The molecule has 4 aromatic rings. The highest BCUT2D eigenvalue weighted by Crippen LogP contribution is 2.42. The molecule has 0 bridgehead atoms. The van der Waals surface area contributed by atoms with Crippen LogP contribution in [0.3, 0.4) is 0 Å². The van der Waals surface area contributed by atoms with Gasteiger partial charge in [-0.3, -0.25) is 0 Å². The van der Waals surface area contributed by atoms with Crippen LogP contribution in [0.1, 0.15) is 0 Å². The van der Waals surface area contributed by atoms with Crippen molar-refractivity contribution in [3.63, 3.8) is 0 Å². The molecule has 0 aliphatic carbocycles. The van der Waals surface area contributed by atoms with Crippen molar-refractivity contribution in [2.75, 3.05) is 7.11 Å². The molecule has 4 rings (SSSR count). The van der Waals surface area contributed by atoms with E-state index < -0.39 is 7.14 Å². The van der Waals surface area contributed by atoms with E-state index in [1.807, 2.05) is 97.1 Å². The summed E-state index contributed by atoms with van der Waals surface area (Å²) in [5, 5.41) is 4.65. The Balaban J connectivity index is 1.95. The monoisotopic (exact) mass is 358 g/mol. The second kappa shape index (κ2) is 6.82. The van der Waals surface area contributed by atoms with Crippen LogP contribution in [0.4, 0.5) is 0 Å². The van der Waals surface area contributed by atoms with Crippen LogP contribution in [-0.2, 0) is 4.57 Å². The Hall–Kier alpha value is -2.83. The zero-order valence-corrected chi connectivity index (χ0v) is 15.4. The molecule has 0 radical (unpaired) electrons. The minimum Gasteiger partial charge on any atom is -0.497 e. The molecule has 0 spiro atoms. The quantitative estimate of drug-likeness (QED) is 0.503. The second-order valence-corrected chi connectivity index (χ2v) is 8.95. The Kier molecular flexibility index (Phi) is 4.36. The van der Waals surface area contributed by atoms with Crippen LogP contribution in [0.2, 0.25) is 0 Å². The zero-order chi connectivity index (χ0) is 18.0. The van der Waals surface area contributed by atoms with Gasteiger partial charge in [0.1, 0.15) is 5.75 Å². The van der Waals surface area contributed by atoms with E-state index in [4.69, 9.17) is 4.74 Å². The summed E-state index contributed by atoms with van der Waals surface area (Å²) in [5.41, 5.74) is 0. The molecule has 0 saturated heterocycles. The Morgan fingerprint density at radius 1 is 0.615 bits per heavy atom. The van der Waals surface area contributed by atoms with E-state index in [-0.39, 0.29) is 0 Å². The third-order valence-electron chi connectivity index (χ3n) is 4.63. The first-order valence-electron chi connectivity index (χ1n) is 8.51. The van der Waals surface area contributed by atoms with Gasteiger partial charge < -0.3 is 9.30 Å². The number of hydrogen-bond acceptors (Lipinski definition) is 2. The highest BCUT2D eigenvalue weighted by atomic mass is 31.2. The average molecular weight is 358 g/mol. The number of ether oxygens (including phenoxy) is 1. The smallest absolute Gasteiger partial charge is 0.171 e. The van der Waals surface area contributed by atoms with Gasteiger partial charge in [-0.1, -0.05) is 78.9 Å². The summed E-state index contributed by atoms with van der Waals surface area (Å²) >= 11 is 0. The number of hydrogen-bond donors (Lipinski definition) is 0. The summed E-state index contributed by atoms with van der Waals surface area (Å²) in [6.07, 6.45) is 0. The summed E-state index contributed by atoms with van der Waals surface area (Å²) < 4.78 is 19.7. The first-order chi connectivity index (χ1) is 12.7. The maximum atomic E-state index is 14.4. The van der Waals surface area contributed by atoms with E-state index in [1.165, 1.54) is 0 Å². The van der Waals surface area contributed by atoms with Gasteiger partial charge in [0.05, 0.1) is 7.11 Å². The predicted molar refractivity (Wildman–Crippen MR) is 110 cm³/mol. The van der Waals surface area contributed by atoms with Crippen LogP contribution >= 0.6 is 7.14 Å². The molecule has 0 amide bonds. The van der Waals surface area contributed by atoms with Crippen molar-refractivity contribution in [1.29, 1.82) is 0 Å². The van der Waals surface area contributed by atoms with Crippen LogP contribution in [0.15, 0.2) is 97.1 Å². The first-order valence-corrected chi connectivity index (χ1v) is 10.2. The Labute approximate surface area is 153 Å². The normalized spacial score (nSPS) is 11.4. The maximum absolute atomic E-state index is 14.4. The lowest BCUT2D eigenvalue weighted by Gasteiger charge is -2.20. The molecule has 4 aromatic carbocycles. The van der Waals surface area contributed by atoms with Gasteiger partial charge in [-0.2, -0.15) is 0 Å². The Morgan fingerprint density at radius 2 is 1.15 bits per heavy atom. The number of fused-ring (bicyclic) bond motifs is 1. The van der Waals surface area contributed by atoms with E-state index >= 15 is 0 Å². The molecule has 0 heterocycles. The van der Waals surface area contributed by atoms with Crippen molar-refractivity contribution >= 4 is 33.8 Å². The second-order valence-electron chi connectivity index (χ2n) is 6.18. The van der Waals surface area contributed by atoms with Gasteiger partial charge in [-0.15, -0.1) is 0 Å². The largest absolute Gasteiger partial charge is 0.497 e. The number of rotatable bonds is 4. The Morgan fingerprint density at radius 3 is 1.73 bits per heavy atom. The van der Waals surface area contributed by atoms with Crippen molar-refractivity contribution in [1.82, 2.24) is 0 Å². The molecular formula is C23H19O2P. The van der Waals surface area contributed by atoms with Gasteiger partial charge in [-0.25, -0.2) is 0 Å². The first kappa shape index (κ1) is 16.6. The van der Waals surface area contributed by atoms with Crippen LogP contribution in [-0.4, -0.2) is 7.11 Å². The molecule has 26 heavy (non-hydrogen) atoms. The van der Waals surface area contributed by atoms with E-state index in [2.05, 4.69) is 0 Å². The topological polar surface area (TPSA) is 26.3 Å². The summed E-state index contributed by atoms with van der Waals surface area (Å²) in [5.74, 6) is 0.819. The number of benzene rings is 4. The molecular weight excluding hydrogens is 339 g/mol. The lowest BCUT2D eigenvalue weighted by Crippen LogP contribution is -2.24. The standard InChI is InChI=1S/C23H19O2P/c1-25-20-14-12-19-17-23(15-13-18(19)16-20)26(24,21-8-4-2-5-9-21)22-10-6-3-7-11-22/h2-17H,1H3. The van der Waals surface area contributed by atoms with Crippen LogP contribution in [0.25, 0.3) is 10.8 Å². The molecule has 0 aliphatic rings. The Bertz CT molecular complexity index is 1050. The van der Waals surface area contributed by atoms with Crippen molar-refractivity contribution in [3.05, 3.63) is 97.1 Å². The minimum atomic E-state index is -2.93. The van der Waals surface area contributed by atoms with Crippen LogP contribution < -0.4 is 20.7 Å². The van der Waals surface area contributed by atoms with Crippen LogP contribution in [0, 0.1) is 0 Å². The summed E-state index contributed by atoms with van der Waals surface area (Å²) in [6, 6.07) is 31.4. The molecule has 0 fully saturated rings. The highest BCUT2D eigenvalue weighted by Gasteiger charge is 2.29. The third-order valence-corrected chi connectivity index (χ3v) is 7.69. The molecule has 0 unspecified atom stereocenters. The highest BCUT2D eigenvalue weighted by molar-refractivity contribution is 7.85. The van der Waals surface area contributed by atoms with E-state index in [0.29, 0.717) is 0 Å². The van der Waals surface area contributed by atoms with Gasteiger partial charge in [0.2, 0.25) is 0 Å². The summed E-state index contributed by atoms with van der Waals surface area (Å²) in [6.45, 7) is 0. The fourth-order valence-electron chi connectivity index (χ4n) is 3.26. The third kappa shape index (κ3) is 2.83. The van der Waals surface area contributed by atoms with Gasteiger partial charge in [0.15, 0.2) is 7.14 Å². The van der Waals surface area contributed by atoms with E-state index in [1.54, 1.807) is 7.11 Å². The molecule has 0 aliphatic heterocycles. The summed E-state index contributed by atoms with van der Waals surface area (Å²) in [4.78, 5) is 0. The lowest BCUT2D eigenvalue weighted by molar-refractivity contribution is 0.415. The van der Waals surface area contributed by atoms with Crippen LogP contribution in [0.5, 0.6) is 5.75 Å². The van der Waals surface area contributed by atoms with E-state index in [0.717, 1.165) is 32.4 Å².